The van der Waals surface area contributed by atoms with Crippen molar-refractivity contribution in [3.8, 4) is 11.3 Å². The molecule has 0 aliphatic heterocycles. The van der Waals surface area contributed by atoms with Crippen LogP contribution in [0, 0.1) is 0 Å². The van der Waals surface area contributed by atoms with E-state index in [2.05, 4.69) is 30.6 Å². The van der Waals surface area contributed by atoms with Crippen molar-refractivity contribution in [3.63, 3.8) is 0 Å². The highest BCUT2D eigenvalue weighted by Gasteiger charge is 2.12. The van der Waals surface area contributed by atoms with Crippen LogP contribution in [0.5, 0.6) is 0 Å². The van der Waals surface area contributed by atoms with Crippen molar-refractivity contribution in [1.82, 2.24) is 29.9 Å². The lowest BCUT2D eigenvalue weighted by molar-refractivity contribution is 0.644. The van der Waals surface area contributed by atoms with Crippen LogP contribution in [0.3, 0.4) is 0 Å². The molecule has 0 saturated carbocycles. The molecule has 138 valence electrons. The number of fused-ring (bicyclic) bond motifs is 3. The molecule has 4 heterocycles. The zero-order valence-electron chi connectivity index (χ0n) is 15.0. The molecule has 0 amide bonds. The number of aromatic amines is 1. The van der Waals surface area contributed by atoms with Crippen molar-refractivity contribution in [2.75, 3.05) is 17.6 Å². The molecular formula is C20H18N8. The van der Waals surface area contributed by atoms with Crippen LogP contribution in [0.2, 0.25) is 0 Å². The summed E-state index contributed by atoms with van der Waals surface area (Å²) in [5.74, 6) is 1.27. The van der Waals surface area contributed by atoms with Crippen LogP contribution in [0.15, 0.2) is 61.1 Å². The van der Waals surface area contributed by atoms with Gasteiger partial charge in [-0.3, -0.25) is 9.78 Å². The Labute approximate surface area is 160 Å². The van der Waals surface area contributed by atoms with Crippen LogP contribution < -0.4 is 11.1 Å². The summed E-state index contributed by atoms with van der Waals surface area (Å²) in [5.41, 5.74) is 9.61. The minimum Gasteiger partial charge on any atom is -0.382 e. The number of benzene rings is 1. The third kappa shape index (κ3) is 2.90. The second-order valence-electron chi connectivity index (χ2n) is 6.48. The van der Waals surface area contributed by atoms with E-state index in [0.717, 1.165) is 38.9 Å². The molecule has 0 aliphatic rings. The van der Waals surface area contributed by atoms with Crippen molar-refractivity contribution >= 4 is 33.4 Å². The van der Waals surface area contributed by atoms with E-state index in [0.29, 0.717) is 18.9 Å². The first kappa shape index (κ1) is 16.2. The predicted octanol–water partition coefficient (Wildman–Crippen LogP) is 3.06. The maximum absolute atomic E-state index is 6.19. The van der Waals surface area contributed by atoms with Crippen LogP contribution >= 0.6 is 0 Å². The first-order valence-corrected chi connectivity index (χ1v) is 8.99. The van der Waals surface area contributed by atoms with Crippen molar-refractivity contribution in [2.45, 2.75) is 6.54 Å². The van der Waals surface area contributed by atoms with Crippen LogP contribution in [0.4, 0.5) is 11.6 Å². The molecule has 0 radical (unpaired) electrons. The van der Waals surface area contributed by atoms with Crippen LogP contribution in [-0.4, -0.2) is 36.5 Å². The third-order valence-corrected chi connectivity index (χ3v) is 4.64. The molecule has 0 aliphatic carbocycles. The number of rotatable bonds is 5. The summed E-state index contributed by atoms with van der Waals surface area (Å²) in [6.07, 6.45) is 5.58. The van der Waals surface area contributed by atoms with Gasteiger partial charge in [0.15, 0.2) is 5.82 Å². The Morgan fingerprint density at radius 3 is 2.89 bits per heavy atom. The zero-order chi connectivity index (χ0) is 18.9. The Kier molecular flexibility index (Phi) is 3.86. The monoisotopic (exact) mass is 370 g/mol. The highest BCUT2D eigenvalue weighted by molar-refractivity contribution is 6.08. The van der Waals surface area contributed by atoms with E-state index in [1.165, 1.54) is 0 Å². The second kappa shape index (κ2) is 6.66. The number of H-pyrrole nitrogens is 1. The Balaban J connectivity index is 1.46. The topological polar surface area (TPSA) is 110 Å². The van der Waals surface area contributed by atoms with Gasteiger partial charge in [-0.1, -0.05) is 18.2 Å². The summed E-state index contributed by atoms with van der Waals surface area (Å²) < 4.78 is 1.89. The fourth-order valence-electron chi connectivity index (χ4n) is 3.30. The minimum absolute atomic E-state index is 0.429. The van der Waals surface area contributed by atoms with E-state index < -0.39 is 0 Å². The Bertz CT molecular complexity index is 1240. The van der Waals surface area contributed by atoms with Crippen molar-refractivity contribution < 1.29 is 0 Å². The number of nitrogens with two attached hydrogens (primary N) is 1. The maximum atomic E-state index is 6.19. The normalized spacial score (nSPS) is 11.3. The van der Waals surface area contributed by atoms with E-state index in [4.69, 9.17) is 5.73 Å². The van der Waals surface area contributed by atoms with Gasteiger partial charge in [0.05, 0.1) is 17.8 Å². The van der Waals surface area contributed by atoms with Crippen molar-refractivity contribution in [2.24, 2.45) is 0 Å². The Morgan fingerprint density at radius 2 is 2.07 bits per heavy atom. The maximum Gasteiger partial charge on any atom is 0.152 e. The minimum atomic E-state index is 0.429. The van der Waals surface area contributed by atoms with Gasteiger partial charge in [0.25, 0.3) is 0 Å². The summed E-state index contributed by atoms with van der Waals surface area (Å²) >= 11 is 0. The first-order valence-electron chi connectivity index (χ1n) is 8.99. The standard InChI is InChI=1S/C20H18N8/c21-20-19-15(12-28(27-19)10-9-23-18-3-1-2-7-22-18)14-5-4-13(11-17(14)25-20)16-6-8-24-26-16/h1-8,11-12H,9-10H2,(H2,21,25)(H,22,23)(H,24,26). The van der Waals surface area contributed by atoms with Crippen LogP contribution in [0.25, 0.3) is 33.1 Å². The number of hydrogen-bond acceptors (Lipinski definition) is 6. The second-order valence-corrected chi connectivity index (χ2v) is 6.48. The molecule has 8 nitrogen and oxygen atoms in total. The Hall–Kier alpha value is -3.94. The van der Waals surface area contributed by atoms with Crippen LogP contribution in [0.1, 0.15) is 0 Å². The van der Waals surface area contributed by atoms with Gasteiger partial charge in [-0.25, -0.2) is 9.97 Å². The van der Waals surface area contributed by atoms with Gasteiger partial charge < -0.3 is 11.1 Å². The number of nitrogens with one attached hydrogen (secondary N) is 2. The first-order chi connectivity index (χ1) is 13.8. The third-order valence-electron chi connectivity index (χ3n) is 4.64. The fraction of sp³-hybridized carbons (Fsp3) is 0.100. The SMILES string of the molecule is Nc1nc2cc(-c3cc[nH]n3)ccc2c2cn(CCNc3ccccn3)nc12. The van der Waals surface area contributed by atoms with Gasteiger partial charge in [-0.2, -0.15) is 10.2 Å². The predicted molar refractivity (Wildman–Crippen MR) is 110 cm³/mol. The Morgan fingerprint density at radius 1 is 1.11 bits per heavy atom. The summed E-state index contributed by atoms with van der Waals surface area (Å²) in [4.78, 5) is 8.81. The molecule has 0 saturated heterocycles. The number of pyridine rings is 2. The quantitative estimate of drug-likeness (QED) is 0.438. The summed E-state index contributed by atoms with van der Waals surface area (Å²) in [5, 5.41) is 17.0. The van der Waals surface area contributed by atoms with Gasteiger partial charge in [0.1, 0.15) is 11.3 Å². The van der Waals surface area contributed by atoms with Crippen LogP contribution in [-0.2, 0) is 6.54 Å². The molecule has 4 N–H and O–H groups in total. The molecule has 0 bridgehead atoms. The number of aromatic nitrogens is 6. The largest absolute Gasteiger partial charge is 0.382 e. The lowest BCUT2D eigenvalue weighted by atomic mass is 10.1. The molecule has 1 aromatic carbocycles. The lowest BCUT2D eigenvalue weighted by Gasteiger charge is -2.04. The van der Waals surface area contributed by atoms with E-state index in [9.17, 15) is 0 Å². The van der Waals surface area contributed by atoms with Gasteiger partial charge in [-0.15, -0.1) is 0 Å². The van der Waals surface area contributed by atoms with Crippen molar-refractivity contribution in [3.05, 3.63) is 61.1 Å². The van der Waals surface area contributed by atoms with E-state index in [1.54, 1.807) is 12.4 Å². The molecule has 0 unspecified atom stereocenters. The molecular weight excluding hydrogens is 352 g/mol. The molecule has 0 spiro atoms. The van der Waals surface area contributed by atoms with E-state index in [1.807, 2.05) is 53.3 Å². The van der Waals surface area contributed by atoms with Crippen molar-refractivity contribution in [1.29, 1.82) is 0 Å². The van der Waals surface area contributed by atoms with Gasteiger partial charge >= 0.3 is 0 Å². The molecule has 28 heavy (non-hydrogen) atoms. The summed E-state index contributed by atoms with van der Waals surface area (Å²) in [6.45, 7) is 1.40. The smallest absolute Gasteiger partial charge is 0.152 e. The number of anilines is 2. The zero-order valence-corrected chi connectivity index (χ0v) is 15.0. The van der Waals surface area contributed by atoms with Gasteiger partial charge in [0.2, 0.25) is 0 Å². The number of nitrogens with zero attached hydrogens (tertiary/aromatic N) is 5. The molecule has 0 atom stereocenters. The van der Waals surface area contributed by atoms with E-state index in [-0.39, 0.29) is 0 Å². The molecule has 4 aromatic heterocycles. The summed E-state index contributed by atoms with van der Waals surface area (Å²) in [6, 6.07) is 13.8. The average molecular weight is 370 g/mol. The number of nitrogen functional groups attached to an aromatic ring is 1. The highest BCUT2D eigenvalue weighted by Crippen LogP contribution is 2.29. The molecule has 5 aromatic rings. The lowest BCUT2D eigenvalue weighted by Crippen LogP contribution is -2.11. The highest BCUT2D eigenvalue weighted by atomic mass is 15.3. The summed E-state index contributed by atoms with van der Waals surface area (Å²) in [7, 11) is 0. The average Bonchev–Trinajstić information content (AvgIpc) is 3.39. The van der Waals surface area contributed by atoms with Gasteiger partial charge in [-0.05, 0) is 24.3 Å². The van der Waals surface area contributed by atoms with E-state index >= 15 is 0 Å². The molecule has 0 fully saturated rings. The molecule has 5 rings (SSSR count). The van der Waals surface area contributed by atoms with Gasteiger partial charge in [0, 0.05) is 41.5 Å². The molecule has 8 heteroatoms. The number of hydrogen-bond donors (Lipinski definition) is 3. The fourth-order valence-corrected chi connectivity index (χ4v) is 3.30.